The standard InChI is InChI=1S/C17H20ClNO7/c1-3-25-13(20)9-12(17(24)26-4-2)14(16(22)23)19-15(21)10-5-7-11(18)8-6-10/h5-8,12,14H,3-4,9H2,1-2H3,(H,19,21)(H,22,23)/t12-,14+/m0/s1. The third kappa shape index (κ3) is 6.36. The Morgan fingerprint density at radius 3 is 2.15 bits per heavy atom. The highest BCUT2D eigenvalue weighted by Crippen LogP contribution is 2.16. The molecule has 0 saturated carbocycles. The van der Waals surface area contributed by atoms with Crippen molar-refractivity contribution >= 4 is 35.4 Å². The average Bonchev–Trinajstić information content (AvgIpc) is 2.58. The van der Waals surface area contributed by atoms with E-state index in [9.17, 15) is 24.3 Å². The van der Waals surface area contributed by atoms with E-state index in [0.29, 0.717) is 5.02 Å². The van der Waals surface area contributed by atoms with Crippen molar-refractivity contribution in [1.29, 1.82) is 0 Å². The minimum atomic E-state index is -1.67. The normalized spacial score (nSPS) is 12.6. The summed E-state index contributed by atoms with van der Waals surface area (Å²) in [5.74, 6) is -5.31. The maximum atomic E-state index is 12.3. The van der Waals surface area contributed by atoms with Gasteiger partial charge in [-0.25, -0.2) is 4.79 Å². The summed E-state index contributed by atoms with van der Waals surface area (Å²) in [5, 5.41) is 12.1. The average molecular weight is 386 g/mol. The van der Waals surface area contributed by atoms with Crippen molar-refractivity contribution in [3.8, 4) is 0 Å². The van der Waals surface area contributed by atoms with E-state index >= 15 is 0 Å². The van der Waals surface area contributed by atoms with Gasteiger partial charge in [0, 0.05) is 10.6 Å². The minimum Gasteiger partial charge on any atom is -0.480 e. The van der Waals surface area contributed by atoms with Crippen LogP contribution in [-0.4, -0.2) is 48.2 Å². The molecule has 0 unspecified atom stereocenters. The van der Waals surface area contributed by atoms with Crippen molar-refractivity contribution in [3.05, 3.63) is 34.9 Å². The molecule has 1 rings (SSSR count). The highest BCUT2D eigenvalue weighted by molar-refractivity contribution is 6.30. The Balaban J connectivity index is 3.03. The first-order valence-corrected chi connectivity index (χ1v) is 8.29. The van der Waals surface area contributed by atoms with Gasteiger partial charge in [-0.2, -0.15) is 0 Å². The van der Waals surface area contributed by atoms with Crippen LogP contribution in [0.25, 0.3) is 0 Å². The van der Waals surface area contributed by atoms with Gasteiger partial charge in [0.1, 0.15) is 6.04 Å². The Morgan fingerprint density at radius 1 is 1.08 bits per heavy atom. The molecule has 0 bridgehead atoms. The van der Waals surface area contributed by atoms with Crippen molar-refractivity contribution in [2.45, 2.75) is 26.3 Å². The van der Waals surface area contributed by atoms with Gasteiger partial charge in [0.05, 0.1) is 25.6 Å². The van der Waals surface area contributed by atoms with E-state index in [1.807, 2.05) is 0 Å². The Bertz CT molecular complexity index is 660. The zero-order valence-electron chi connectivity index (χ0n) is 14.4. The zero-order chi connectivity index (χ0) is 19.7. The van der Waals surface area contributed by atoms with E-state index in [4.69, 9.17) is 21.1 Å². The first-order chi connectivity index (χ1) is 12.3. The Labute approximate surface area is 155 Å². The number of ether oxygens (including phenoxy) is 2. The number of benzene rings is 1. The molecular formula is C17H20ClNO7. The van der Waals surface area contributed by atoms with Crippen molar-refractivity contribution < 1.29 is 33.8 Å². The molecule has 2 N–H and O–H groups in total. The van der Waals surface area contributed by atoms with Crippen LogP contribution in [0.3, 0.4) is 0 Å². The van der Waals surface area contributed by atoms with Crippen molar-refractivity contribution in [1.82, 2.24) is 5.32 Å². The largest absolute Gasteiger partial charge is 0.480 e. The van der Waals surface area contributed by atoms with E-state index in [0.717, 1.165) is 0 Å². The lowest BCUT2D eigenvalue weighted by atomic mass is 9.95. The SMILES string of the molecule is CCOC(=O)C[C@H](C(=O)OCC)[C@@H](NC(=O)c1ccc(Cl)cc1)C(=O)O. The van der Waals surface area contributed by atoms with Gasteiger partial charge in [-0.1, -0.05) is 11.6 Å². The monoisotopic (exact) mass is 385 g/mol. The Hall–Kier alpha value is -2.61. The molecule has 0 fully saturated rings. The molecule has 26 heavy (non-hydrogen) atoms. The quantitative estimate of drug-likeness (QED) is 0.620. The smallest absolute Gasteiger partial charge is 0.327 e. The third-order valence-corrected chi connectivity index (χ3v) is 3.59. The highest BCUT2D eigenvalue weighted by Gasteiger charge is 2.38. The molecule has 142 valence electrons. The van der Waals surface area contributed by atoms with E-state index in [1.165, 1.54) is 24.3 Å². The van der Waals surface area contributed by atoms with Crippen LogP contribution in [0.4, 0.5) is 0 Å². The summed E-state index contributed by atoms with van der Waals surface area (Å²) in [7, 11) is 0. The van der Waals surface area contributed by atoms with Crippen LogP contribution in [0.2, 0.25) is 5.02 Å². The molecule has 1 aromatic rings. The number of nitrogens with one attached hydrogen (secondary N) is 1. The number of halogens is 1. The third-order valence-electron chi connectivity index (χ3n) is 3.34. The molecule has 0 aliphatic rings. The molecule has 0 saturated heterocycles. The highest BCUT2D eigenvalue weighted by atomic mass is 35.5. The van der Waals surface area contributed by atoms with Gasteiger partial charge in [-0.3, -0.25) is 14.4 Å². The lowest BCUT2D eigenvalue weighted by Gasteiger charge is -2.22. The van der Waals surface area contributed by atoms with Crippen molar-refractivity contribution in [3.63, 3.8) is 0 Å². The van der Waals surface area contributed by atoms with Crippen LogP contribution >= 0.6 is 11.6 Å². The number of esters is 2. The fraction of sp³-hybridized carbons (Fsp3) is 0.412. The molecule has 0 aliphatic carbocycles. The molecule has 2 atom stereocenters. The second-order valence-corrected chi connectivity index (χ2v) is 5.60. The number of carbonyl (C=O) groups is 4. The van der Waals surface area contributed by atoms with Gasteiger partial charge in [-0.15, -0.1) is 0 Å². The lowest BCUT2D eigenvalue weighted by Crippen LogP contribution is -2.49. The van der Waals surface area contributed by atoms with Crippen LogP contribution in [0.15, 0.2) is 24.3 Å². The van der Waals surface area contributed by atoms with Crippen LogP contribution in [0.1, 0.15) is 30.6 Å². The molecule has 0 heterocycles. The molecule has 0 radical (unpaired) electrons. The number of amides is 1. The van der Waals surface area contributed by atoms with Crippen LogP contribution in [-0.2, 0) is 23.9 Å². The number of carboxylic acids is 1. The van der Waals surface area contributed by atoms with Gasteiger partial charge in [0.15, 0.2) is 0 Å². The van der Waals surface area contributed by atoms with Crippen LogP contribution in [0.5, 0.6) is 0 Å². The lowest BCUT2D eigenvalue weighted by molar-refractivity contribution is -0.159. The Kier molecular flexibility index (Phi) is 8.57. The molecule has 8 nitrogen and oxygen atoms in total. The molecule has 0 aromatic heterocycles. The summed E-state index contributed by atoms with van der Waals surface area (Å²) in [5.41, 5.74) is 0.152. The van der Waals surface area contributed by atoms with Gasteiger partial charge in [-0.05, 0) is 38.1 Å². The van der Waals surface area contributed by atoms with Crippen molar-refractivity contribution in [2.75, 3.05) is 13.2 Å². The number of rotatable bonds is 9. The molecule has 9 heteroatoms. The number of hydrogen-bond acceptors (Lipinski definition) is 6. The van der Waals surface area contributed by atoms with Crippen LogP contribution < -0.4 is 5.32 Å². The molecule has 0 aliphatic heterocycles. The number of hydrogen-bond donors (Lipinski definition) is 2. The van der Waals surface area contributed by atoms with Crippen molar-refractivity contribution in [2.24, 2.45) is 5.92 Å². The van der Waals surface area contributed by atoms with Crippen LogP contribution in [0, 0.1) is 5.92 Å². The first kappa shape index (κ1) is 21.4. The summed E-state index contributed by atoms with van der Waals surface area (Å²) in [6.45, 7) is 3.19. The first-order valence-electron chi connectivity index (χ1n) is 7.91. The second kappa shape index (κ2) is 10.4. The van der Waals surface area contributed by atoms with Gasteiger partial charge in [0.25, 0.3) is 5.91 Å². The summed E-state index contributed by atoms with van der Waals surface area (Å²) in [4.78, 5) is 47.8. The fourth-order valence-electron chi connectivity index (χ4n) is 2.15. The zero-order valence-corrected chi connectivity index (χ0v) is 15.1. The molecule has 1 aromatic carbocycles. The predicted octanol–water partition coefficient (Wildman–Crippen LogP) is 1.66. The van der Waals surface area contributed by atoms with E-state index in [1.54, 1.807) is 13.8 Å². The summed E-state index contributed by atoms with van der Waals surface area (Å²) in [6, 6.07) is 4.07. The fourth-order valence-corrected chi connectivity index (χ4v) is 2.27. The maximum absolute atomic E-state index is 12.3. The minimum absolute atomic E-state index is 0.00434. The van der Waals surface area contributed by atoms with Gasteiger partial charge in [0.2, 0.25) is 0 Å². The maximum Gasteiger partial charge on any atom is 0.327 e. The molecule has 1 amide bonds. The van der Waals surface area contributed by atoms with Gasteiger partial charge < -0.3 is 19.9 Å². The number of aliphatic carboxylic acids is 1. The van der Waals surface area contributed by atoms with E-state index < -0.39 is 42.2 Å². The predicted molar refractivity (Wildman–Crippen MR) is 91.7 cm³/mol. The molecular weight excluding hydrogens is 366 g/mol. The number of carbonyl (C=O) groups excluding carboxylic acids is 3. The van der Waals surface area contributed by atoms with Gasteiger partial charge >= 0.3 is 17.9 Å². The van der Waals surface area contributed by atoms with E-state index in [-0.39, 0.29) is 18.8 Å². The number of carboxylic acid groups (broad SMARTS) is 1. The van der Waals surface area contributed by atoms with E-state index in [2.05, 4.69) is 5.32 Å². The summed E-state index contributed by atoms with van der Waals surface area (Å²) in [6.07, 6.45) is -0.537. The topological polar surface area (TPSA) is 119 Å². The Morgan fingerprint density at radius 2 is 1.65 bits per heavy atom. The summed E-state index contributed by atoms with van der Waals surface area (Å²) >= 11 is 5.75. The second-order valence-electron chi connectivity index (χ2n) is 5.16. The molecule has 0 spiro atoms. The summed E-state index contributed by atoms with van der Waals surface area (Å²) < 4.78 is 9.60.